The van der Waals surface area contributed by atoms with Gasteiger partial charge in [-0.3, -0.25) is 4.79 Å². The molecule has 0 aromatic heterocycles. The van der Waals surface area contributed by atoms with E-state index in [1.165, 1.54) is 0 Å². The molecule has 0 fully saturated rings. The Morgan fingerprint density at radius 2 is 2.38 bits per heavy atom. The van der Waals surface area contributed by atoms with Crippen LogP contribution in [0.1, 0.15) is 12.0 Å². The van der Waals surface area contributed by atoms with E-state index in [2.05, 4.69) is 26.0 Å². The molecule has 1 rings (SSSR count). The van der Waals surface area contributed by atoms with E-state index in [1.54, 1.807) is 0 Å². The Balaban J connectivity index is 2.75. The number of carboxylic acid groups (broad SMARTS) is 1. The third kappa shape index (κ3) is 4.33. The van der Waals surface area contributed by atoms with Gasteiger partial charge in [0.15, 0.2) is 0 Å². The van der Waals surface area contributed by atoms with E-state index >= 15 is 0 Å². The highest BCUT2D eigenvalue weighted by molar-refractivity contribution is 9.10. The van der Waals surface area contributed by atoms with Crippen LogP contribution in [0.2, 0.25) is 0 Å². The van der Waals surface area contributed by atoms with Gasteiger partial charge in [0.2, 0.25) is 0 Å². The van der Waals surface area contributed by atoms with Crippen molar-refractivity contribution in [2.45, 2.75) is 18.9 Å². The first-order chi connectivity index (χ1) is 7.61. The zero-order valence-electron chi connectivity index (χ0n) is 8.38. The Morgan fingerprint density at radius 3 is 2.94 bits per heavy atom. The Kier molecular flexibility index (Phi) is 4.82. The fraction of sp³-hybridized carbons (Fsp3) is 0.300. The van der Waals surface area contributed by atoms with Crippen LogP contribution in [0.15, 0.2) is 33.9 Å². The van der Waals surface area contributed by atoms with Crippen LogP contribution in [0.25, 0.3) is 10.4 Å². The van der Waals surface area contributed by atoms with E-state index in [-0.39, 0.29) is 6.42 Å². The first kappa shape index (κ1) is 12.5. The average molecular weight is 284 g/mol. The lowest BCUT2D eigenvalue weighted by molar-refractivity contribution is -0.137. The van der Waals surface area contributed by atoms with Crippen LogP contribution in [-0.2, 0) is 11.2 Å². The molecule has 0 saturated heterocycles. The minimum atomic E-state index is -0.965. The highest BCUT2D eigenvalue weighted by atomic mass is 79.9. The Labute approximate surface area is 101 Å². The van der Waals surface area contributed by atoms with Crippen LogP contribution in [-0.4, -0.2) is 17.1 Å². The number of carboxylic acids is 1. The summed E-state index contributed by atoms with van der Waals surface area (Å²) in [5.41, 5.74) is 9.28. The highest BCUT2D eigenvalue weighted by Crippen LogP contribution is 2.15. The van der Waals surface area contributed by atoms with E-state index in [0.29, 0.717) is 6.42 Å². The number of hydrogen-bond donors (Lipinski definition) is 1. The maximum atomic E-state index is 10.5. The van der Waals surface area contributed by atoms with E-state index in [9.17, 15) is 4.79 Å². The normalized spacial score (nSPS) is 11.6. The minimum Gasteiger partial charge on any atom is -0.481 e. The molecular weight excluding hydrogens is 274 g/mol. The van der Waals surface area contributed by atoms with Gasteiger partial charge in [-0.2, -0.15) is 0 Å². The molecule has 84 valence electrons. The van der Waals surface area contributed by atoms with Gasteiger partial charge in [-0.15, -0.1) is 0 Å². The maximum Gasteiger partial charge on any atom is 0.303 e. The van der Waals surface area contributed by atoms with E-state index in [4.69, 9.17) is 10.6 Å². The molecule has 0 radical (unpaired) electrons. The molecule has 0 aliphatic heterocycles. The second-order valence-corrected chi connectivity index (χ2v) is 4.21. The molecule has 0 saturated carbocycles. The molecule has 0 spiro atoms. The van der Waals surface area contributed by atoms with Gasteiger partial charge in [0.05, 0.1) is 12.5 Å². The molecule has 16 heavy (non-hydrogen) atoms. The van der Waals surface area contributed by atoms with Crippen molar-refractivity contribution < 1.29 is 9.90 Å². The van der Waals surface area contributed by atoms with Crippen molar-refractivity contribution in [2.24, 2.45) is 5.11 Å². The maximum absolute atomic E-state index is 10.5. The summed E-state index contributed by atoms with van der Waals surface area (Å²) in [7, 11) is 0. The minimum absolute atomic E-state index is 0.156. The summed E-state index contributed by atoms with van der Waals surface area (Å²) in [5.74, 6) is -0.965. The summed E-state index contributed by atoms with van der Waals surface area (Å²) in [4.78, 5) is 13.2. The standard InChI is InChI=1S/C10H10BrN3O2/c11-8-3-1-2-7(4-8)5-9(13-14-12)6-10(15)16/h1-4,9H,5-6H2,(H,15,16). The molecular formula is C10H10BrN3O2. The summed E-state index contributed by atoms with van der Waals surface area (Å²) in [6.45, 7) is 0. The van der Waals surface area contributed by atoms with Crippen molar-refractivity contribution >= 4 is 21.9 Å². The van der Waals surface area contributed by atoms with Gasteiger partial charge in [0.25, 0.3) is 0 Å². The number of carbonyl (C=O) groups is 1. The second-order valence-electron chi connectivity index (χ2n) is 3.29. The number of aliphatic carboxylic acids is 1. The van der Waals surface area contributed by atoms with Crippen LogP contribution in [0.4, 0.5) is 0 Å². The average Bonchev–Trinajstić information content (AvgIpc) is 2.16. The van der Waals surface area contributed by atoms with Crippen LogP contribution in [0.5, 0.6) is 0 Å². The van der Waals surface area contributed by atoms with E-state index < -0.39 is 12.0 Å². The number of hydrogen-bond acceptors (Lipinski definition) is 2. The summed E-state index contributed by atoms with van der Waals surface area (Å²) < 4.78 is 0.917. The number of azide groups is 1. The second kappa shape index (κ2) is 6.15. The Bertz CT molecular complexity index is 430. The summed E-state index contributed by atoms with van der Waals surface area (Å²) in [5, 5.41) is 12.1. The van der Waals surface area contributed by atoms with Gasteiger partial charge in [-0.1, -0.05) is 33.2 Å². The number of nitrogens with zero attached hydrogens (tertiary/aromatic N) is 3. The summed E-state index contributed by atoms with van der Waals surface area (Å²) >= 11 is 3.32. The predicted octanol–water partition coefficient (Wildman–Crippen LogP) is 3.15. The van der Waals surface area contributed by atoms with Crippen molar-refractivity contribution in [2.75, 3.05) is 0 Å². The molecule has 1 aromatic rings. The number of halogens is 1. The van der Waals surface area contributed by atoms with E-state index in [0.717, 1.165) is 10.0 Å². The Hall–Kier alpha value is -1.52. The zero-order valence-corrected chi connectivity index (χ0v) is 9.96. The third-order valence-electron chi connectivity index (χ3n) is 1.99. The fourth-order valence-electron chi connectivity index (χ4n) is 1.36. The smallest absolute Gasteiger partial charge is 0.303 e. The molecule has 6 heteroatoms. The number of rotatable bonds is 5. The SMILES string of the molecule is [N-]=[N+]=NC(CC(=O)O)Cc1cccc(Br)c1. The molecule has 0 heterocycles. The molecule has 5 nitrogen and oxygen atoms in total. The van der Waals surface area contributed by atoms with Gasteiger partial charge in [0, 0.05) is 9.38 Å². The number of benzene rings is 1. The molecule has 0 aliphatic carbocycles. The molecule has 1 aromatic carbocycles. The van der Waals surface area contributed by atoms with Crippen molar-refractivity contribution in [3.05, 3.63) is 44.7 Å². The first-order valence-electron chi connectivity index (χ1n) is 4.62. The van der Waals surface area contributed by atoms with Gasteiger partial charge >= 0.3 is 5.97 Å². The van der Waals surface area contributed by atoms with Crippen molar-refractivity contribution in [1.29, 1.82) is 0 Å². The quantitative estimate of drug-likeness (QED) is 0.511. The van der Waals surface area contributed by atoms with Crippen LogP contribution in [0.3, 0.4) is 0 Å². The molecule has 0 amide bonds. The van der Waals surface area contributed by atoms with Crippen LogP contribution >= 0.6 is 15.9 Å². The monoisotopic (exact) mass is 283 g/mol. The first-order valence-corrected chi connectivity index (χ1v) is 5.41. The molecule has 0 bridgehead atoms. The lowest BCUT2D eigenvalue weighted by Crippen LogP contribution is -2.13. The Morgan fingerprint density at radius 1 is 1.62 bits per heavy atom. The predicted molar refractivity (Wildman–Crippen MR) is 63.0 cm³/mol. The molecule has 1 unspecified atom stereocenters. The summed E-state index contributed by atoms with van der Waals surface area (Å²) in [6.07, 6.45) is 0.270. The summed E-state index contributed by atoms with van der Waals surface area (Å²) in [6, 6.07) is 6.93. The largest absolute Gasteiger partial charge is 0.481 e. The van der Waals surface area contributed by atoms with Crippen molar-refractivity contribution in [3.63, 3.8) is 0 Å². The van der Waals surface area contributed by atoms with Gasteiger partial charge in [-0.05, 0) is 29.6 Å². The lowest BCUT2D eigenvalue weighted by atomic mass is 10.0. The lowest BCUT2D eigenvalue weighted by Gasteiger charge is -2.08. The van der Waals surface area contributed by atoms with Crippen LogP contribution in [0, 0.1) is 0 Å². The zero-order chi connectivity index (χ0) is 12.0. The van der Waals surface area contributed by atoms with Crippen LogP contribution < -0.4 is 0 Å². The highest BCUT2D eigenvalue weighted by Gasteiger charge is 2.12. The van der Waals surface area contributed by atoms with Crippen molar-refractivity contribution in [3.8, 4) is 0 Å². The van der Waals surface area contributed by atoms with Gasteiger partial charge in [-0.25, -0.2) is 0 Å². The van der Waals surface area contributed by atoms with Crippen molar-refractivity contribution in [1.82, 2.24) is 0 Å². The molecule has 1 N–H and O–H groups in total. The van der Waals surface area contributed by atoms with E-state index in [1.807, 2.05) is 24.3 Å². The molecule has 0 aliphatic rings. The topological polar surface area (TPSA) is 86.1 Å². The van der Waals surface area contributed by atoms with Gasteiger partial charge < -0.3 is 5.11 Å². The third-order valence-corrected chi connectivity index (χ3v) is 2.48. The molecule has 1 atom stereocenters. The fourth-order valence-corrected chi connectivity index (χ4v) is 1.81. The van der Waals surface area contributed by atoms with Gasteiger partial charge in [0.1, 0.15) is 0 Å².